The van der Waals surface area contributed by atoms with Gasteiger partial charge in [0.05, 0.1) is 11.4 Å². The summed E-state index contributed by atoms with van der Waals surface area (Å²) in [6.45, 7) is 4.00. The molecule has 0 aliphatic carbocycles. The van der Waals surface area contributed by atoms with Crippen LogP contribution in [0.3, 0.4) is 0 Å². The van der Waals surface area contributed by atoms with E-state index in [1.807, 2.05) is 56.3 Å². The van der Waals surface area contributed by atoms with E-state index in [0.29, 0.717) is 5.75 Å². The number of thioether (sulfide) groups is 1. The maximum absolute atomic E-state index is 12.9. The van der Waals surface area contributed by atoms with Crippen LogP contribution in [0.4, 0.5) is 11.4 Å². The number of nitrogens with one attached hydrogen (secondary N) is 1. The summed E-state index contributed by atoms with van der Waals surface area (Å²) in [7, 11) is 0. The second-order valence-electron chi connectivity index (χ2n) is 5.96. The Morgan fingerprint density at radius 1 is 1.13 bits per heavy atom. The van der Waals surface area contributed by atoms with E-state index in [9.17, 15) is 9.59 Å². The third-order valence-corrected chi connectivity index (χ3v) is 5.77. The highest BCUT2D eigenvalue weighted by molar-refractivity contribution is 8.02. The van der Waals surface area contributed by atoms with Crippen molar-refractivity contribution < 1.29 is 9.59 Å². The van der Waals surface area contributed by atoms with Crippen molar-refractivity contribution in [1.82, 2.24) is 0 Å². The van der Waals surface area contributed by atoms with Crippen LogP contribution in [-0.2, 0) is 14.5 Å². The molecule has 2 aromatic rings. The third-order valence-electron chi connectivity index (χ3n) is 4.37. The van der Waals surface area contributed by atoms with Crippen LogP contribution in [0, 0.1) is 13.8 Å². The molecule has 4 rings (SSSR count). The fourth-order valence-corrected chi connectivity index (χ4v) is 4.76. The first kappa shape index (κ1) is 14.3. The standard InChI is InChI=1S/C18H16N2O2S/c1-11-8-12(2)16-14(9-11)18(17(22)19-16)20(15(21)10-23-18)13-6-4-3-5-7-13/h3-9H,10H2,1-2H3,(H,19,22). The Hall–Kier alpha value is -2.27. The second kappa shape index (κ2) is 4.86. The van der Waals surface area contributed by atoms with E-state index < -0.39 is 4.87 Å². The number of hydrogen-bond acceptors (Lipinski definition) is 3. The molecule has 1 spiro atoms. The molecular weight excluding hydrogens is 308 g/mol. The molecular formula is C18H16N2O2S. The number of carbonyl (C=O) groups excluding carboxylic acids is 2. The van der Waals surface area contributed by atoms with Crippen molar-refractivity contribution in [2.75, 3.05) is 16.0 Å². The van der Waals surface area contributed by atoms with Crippen molar-refractivity contribution in [3.63, 3.8) is 0 Å². The molecule has 1 saturated heterocycles. The fourth-order valence-electron chi connectivity index (χ4n) is 3.46. The van der Waals surface area contributed by atoms with Gasteiger partial charge in [0.15, 0.2) is 0 Å². The van der Waals surface area contributed by atoms with Gasteiger partial charge in [-0.1, -0.05) is 35.9 Å². The molecule has 0 saturated carbocycles. The van der Waals surface area contributed by atoms with Gasteiger partial charge in [0.1, 0.15) is 0 Å². The number of fused-ring (bicyclic) bond motifs is 2. The lowest BCUT2D eigenvalue weighted by Gasteiger charge is -2.32. The molecule has 116 valence electrons. The molecule has 2 amide bonds. The van der Waals surface area contributed by atoms with Crippen LogP contribution in [0.15, 0.2) is 42.5 Å². The molecule has 2 heterocycles. The smallest absolute Gasteiger partial charge is 0.266 e. The van der Waals surface area contributed by atoms with Crippen LogP contribution in [-0.4, -0.2) is 17.6 Å². The van der Waals surface area contributed by atoms with E-state index in [1.165, 1.54) is 11.8 Å². The van der Waals surface area contributed by atoms with E-state index >= 15 is 0 Å². The second-order valence-corrected chi connectivity index (χ2v) is 7.12. The van der Waals surface area contributed by atoms with Crippen LogP contribution in [0.25, 0.3) is 0 Å². The Morgan fingerprint density at radius 2 is 1.87 bits per heavy atom. The summed E-state index contributed by atoms with van der Waals surface area (Å²) in [5.41, 5.74) is 4.59. The van der Waals surface area contributed by atoms with Gasteiger partial charge in [-0.3, -0.25) is 14.5 Å². The zero-order valence-electron chi connectivity index (χ0n) is 12.9. The van der Waals surface area contributed by atoms with Gasteiger partial charge in [-0.25, -0.2) is 0 Å². The van der Waals surface area contributed by atoms with E-state index in [2.05, 4.69) is 5.32 Å². The number of para-hydroxylation sites is 1. The first-order valence-corrected chi connectivity index (χ1v) is 8.48. The van der Waals surface area contributed by atoms with Crippen LogP contribution in [0.5, 0.6) is 0 Å². The van der Waals surface area contributed by atoms with Crippen molar-refractivity contribution in [1.29, 1.82) is 0 Å². The van der Waals surface area contributed by atoms with Crippen LogP contribution < -0.4 is 10.2 Å². The van der Waals surface area contributed by atoms with Gasteiger partial charge in [0.25, 0.3) is 5.91 Å². The van der Waals surface area contributed by atoms with Gasteiger partial charge in [-0.2, -0.15) is 0 Å². The maximum atomic E-state index is 12.9. The number of amides is 2. The first-order chi connectivity index (χ1) is 11.0. The van der Waals surface area contributed by atoms with Crippen LogP contribution in [0.1, 0.15) is 16.7 Å². The Balaban J connectivity index is 1.98. The predicted octanol–water partition coefficient (Wildman–Crippen LogP) is 3.19. The molecule has 2 aromatic carbocycles. The highest BCUT2D eigenvalue weighted by Crippen LogP contribution is 2.54. The summed E-state index contributed by atoms with van der Waals surface area (Å²) < 4.78 is 0. The number of rotatable bonds is 1. The highest BCUT2D eigenvalue weighted by atomic mass is 32.2. The van der Waals surface area contributed by atoms with Gasteiger partial charge in [0, 0.05) is 11.3 Å². The largest absolute Gasteiger partial charge is 0.322 e. The van der Waals surface area contributed by atoms with Gasteiger partial charge in [-0.15, -0.1) is 11.8 Å². The third kappa shape index (κ3) is 1.86. The van der Waals surface area contributed by atoms with Gasteiger partial charge < -0.3 is 5.32 Å². The lowest BCUT2D eigenvalue weighted by molar-refractivity contribution is -0.122. The lowest BCUT2D eigenvalue weighted by atomic mass is 9.99. The predicted molar refractivity (Wildman–Crippen MR) is 92.6 cm³/mol. The number of hydrogen-bond donors (Lipinski definition) is 1. The van der Waals surface area contributed by atoms with Gasteiger partial charge >= 0.3 is 0 Å². The lowest BCUT2D eigenvalue weighted by Crippen LogP contribution is -2.47. The Bertz CT molecular complexity index is 834. The SMILES string of the molecule is Cc1cc(C)c2c(c1)C1(SCC(=O)N1c1ccccc1)C(=O)N2. The molecule has 0 aromatic heterocycles. The molecule has 0 radical (unpaired) electrons. The van der Waals surface area contributed by atoms with Crippen molar-refractivity contribution in [2.24, 2.45) is 0 Å². The maximum Gasteiger partial charge on any atom is 0.266 e. The molecule has 2 aliphatic rings. The molecule has 2 aliphatic heterocycles. The van der Waals surface area contributed by atoms with E-state index in [1.54, 1.807) is 4.90 Å². The van der Waals surface area contributed by atoms with Crippen LogP contribution >= 0.6 is 11.8 Å². The molecule has 1 N–H and O–H groups in total. The van der Waals surface area contributed by atoms with Crippen molar-refractivity contribution >= 4 is 35.0 Å². The summed E-state index contributed by atoms with van der Waals surface area (Å²) in [6.07, 6.45) is 0. The zero-order valence-corrected chi connectivity index (χ0v) is 13.7. The summed E-state index contributed by atoms with van der Waals surface area (Å²) in [6, 6.07) is 13.5. The quantitative estimate of drug-likeness (QED) is 0.876. The summed E-state index contributed by atoms with van der Waals surface area (Å²) in [4.78, 5) is 26.2. The highest BCUT2D eigenvalue weighted by Gasteiger charge is 2.58. The molecule has 1 fully saturated rings. The topological polar surface area (TPSA) is 49.4 Å². The molecule has 1 unspecified atom stereocenters. The van der Waals surface area contributed by atoms with Crippen molar-refractivity contribution in [2.45, 2.75) is 18.7 Å². The van der Waals surface area contributed by atoms with Crippen molar-refractivity contribution in [3.8, 4) is 0 Å². The Kier molecular flexibility index (Phi) is 3.03. The van der Waals surface area contributed by atoms with Crippen LogP contribution in [0.2, 0.25) is 0 Å². The van der Waals surface area contributed by atoms with E-state index in [4.69, 9.17) is 0 Å². The van der Waals surface area contributed by atoms with E-state index in [-0.39, 0.29) is 11.8 Å². The minimum Gasteiger partial charge on any atom is -0.322 e. The minimum atomic E-state index is -0.995. The van der Waals surface area contributed by atoms with Crippen molar-refractivity contribution in [3.05, 3.63) is 59.2 Å². The Labute approximate surface area is 138 Å². The fraction of sp³-hybridized carbons (Fsp3) is 0.222. The summed E-state index contributed by atoms with van der Waals surface area (Å²) in [5, 5.41) is 2.99. The average molecular weight is 324 g/mol. The minimum absolute atomic E-state index is 0.0386. The number of aryl methyl sites for hydroxylation is 2. The molecule has 5 heteroatoms. The number of nitrogens with zero attached hydrogens (tertiary/aromatic N) is 1. The van der Waals surface area contributed by atoms with E-state index in [0.717, 1.165) is 28.1 Å². The molecule has 23 heavy (non-hydrogen) atoms. The summed E-state index contributed by atoms with van der Waals surface area (Å²) in [5.74, 6) is 0.124. The van der Waals surface area contributed by atoms with Gasteiger partial charge in [0.2, 0.25) is 10.8 Å². The molecule has 1 atom stereocenters. The first-order valence-electron chi connectivity index (χ1n) is 7.49. The normalized spacial score (nSPS) is 22.6. The summed E-state index contributed by atoms with van der Waals surface area (Å²) >= 11 is 1.40. The number of anilines is 2. The molecule has 0 bridgehead atoms. The number of carbonyl (C=O) groups is 2. The average Bonchev–Trinajstić information content (AvgIpc) is 3.01. The zero-order chi connectivity index (χ0) is 16.2. The number of benzene rings is 2. The Morgan fingerprint density at radius 3 is 2.61 bits per heavy atom. The molecule has 4 nitrogen and oxygen atoms in total. The monoisotopic (exact) mass is 324 g/mol. The van der Waals surface area contributed by atoms with Gasteiger partial charge in [-0.05, 0) is 31.5 Å².